The summed E-state index contributed by atoms with van der Waals surface area (Å²) in [6, 6.07) is -1.54. The number of carboxylic acid groups (broad SMARTS) is 1. The van der Waals surface area contributed by atoms with Crippen LogP contribution in [0.4, 0.5) is 0 Å². The van der Waals surface area contributed by atoms with E-state index in [0.29, 0.717) is 0 Å². The molecule has 4 aliphatic heterocycles. The first-order valence-corrected chi connectivity index (χ1v) is 16.6. The average Bonchev–Trinajstić information content (AvgIpc) is 3.11. The smallest absolute Gasteiger partial charge is 0.364 e. The zero-order valence-corrected chi connectivity index (χ0v) is 28.3. The molecule has 24 heteroatoms. The highest BCUT2D eigenvalue weighted by Crippen LogP contribution is 2.36. The maximum Gasteiger partial charge on any atom is 0.364 e. The zero-order valence-electron chi connectivity index (χ0n) is 28.3. The van der Waals surface area contributed by atoms with E-state index in [4.69, 9.17) is 33.2 Å². The standard InChI is InChI=1S/C29H49NO23/c1-7-14(36)17(39)21(43)26(48-7)52-24-18(40)16(38)12(50-27(24)51-22-11(5-32)49-25(44)20(42)19(22)41)6-47-29(28(45)46)3-9(34)13(30-8(2)33)23(53-29)15(37)10(35)4-31/h7,9-27,31-32,34-44H,3-6H2,1-2H3,(H,30,33)(H,45,46)/t7-,9-,10+,11+,12+,13-,14+,15+,16-,17+,18-,19+,20+,21-,22+,23+,24+,25?,26-,27-,29+/m0/s1. The van der Waals surface area contributed by atoms with Crippen LogP contribution in [0.5, 0.6) is 0 Å². The number of carbonyl (C=O) groups excluding carboxylic acids is 1. The summed E-state index contributed by atoms with van der Waals surface area (Å²) in [5, 5.41) is 147. The van der Waals surface area contributed by atoms with Crippen molar-refractivity contribution in [2.45, 2.75) is 149 Å². The van der Waals surface area contributed by atoms with Crippen LogP contribution in [0.25, 0.3) is 0 Å². The lowest BCUT2D eigenvalue weighted by atomic mass is 9.88. The molecule has 4 rings (SSSR count). The predicted octanol–water partition coefficient (Wildman–Crippen LogP) is -9.37. The number of rotatable bonds is 13. The number of amides is 1. The third-order valence-corrected chi connectivity index (χ3v) is 9.54. The summed E-state index contributed by atoms with van der Waals surface area (Å²) >= 11 is 0. The van der Waals surface area contributed by atoms with Gasteiger partial charge in [0.15, 0.2) is 18.9 Å². The Morgan fingerprint density at radius 3 is 2.00 bits per heavy atom. The summed E-state index contributed by atoms with van der Waals surface area (Å²) in [5.74, 6) is -5.60. The van der Waals surface area contributed by atoms with E-state index < -0.39 is 166 Å². The maximum absolute atomic E-state index is 12.6. The highest BCUT2D eigenvalue weighted by Gasteiger charge is 2.58. The van der Waals surface area contributed by atoms with Gasteiger partial charge in [-0.2, -0.15) is 0 Å². The number of aliphatic carboxylic acids is 1. The first-order valence-electron chi connectivity index (χ1n) is 16.6. The molecule has 4 saturated heterocycles. The van der Waals surface area contributed by atoms with Crippen LogP contribution in [0.2, 0.25) is 0 Å². The second-order valence-electron chi connectivity index (χ2n) is 13.3. The SMILES string of the molecule is CC(=O)N[C@@H]1[C@H]([C@H](O)[C@H](O)CO)O[C@@](OC[C@H]2O[C@@H](O[C@H]3[C@H](O)[C@@H](O)C(O)O[C@@H]3CO)[C@H](O[C@@H]3O[C@@H](C)[C@@H](O)[C@@H](O)[C@@H]3O)[C@@H](O)[C@H]2O)(C(=O)O)C[C@@H]1O. The van der Waals surface area contributed by atoms with Gasteiger partial charge in [0.25, 0.3) is 5.79 Å². The quantitative estimate of drug-likeness (QED) is 0.0825. The molecule has 24 nitrogen and oxygen atoms in total. The minimum absolute atomic E-state index is 0.752. The molecular weight excluding hydrogens is 730 g/mol. The van der Waals surface area contributed by atoms with Crippen LogP contribution in [0.1, 0.15) is 20.3 Å². The molecule has 0 bridgehead atoms. The number of carboxylic acids is 1. The van der Waals surface area contributed by atoms with Gasteiger partial charge in [-0.25, -0.2) is 4.79 Å². The number of carbonyl (C=O) groups is 2. The Labute approximate surface area is 300 Å². The van der Waals surface area contributed by atoms with Crippen molar-refractivity contribution in [1.29, 1.82) is 0 Å². The summed E-state index contributed by atoms with van der Waals surface area (Å²) in [5.41, 5.74) is 0. The van der Waals surface area contributed by atoms with E-state index in [2.05, 4.69) is 5.32 Å². The summed E-state index contributed by atoms with van der Waals surface area (Å²) in [6.45, 7) is -0.688. The minimum Gasteiger partial charge on any atom is -0.477 e. The van der Waals surface area contributed by atoms with E-state index >= 15 is 0 Å². The molecule has 0 aromatic rings. The number of hydrogen-bond acceptors (Lipinski definition) is 22. The van der Waals surface area contributed by atoms with E-state index in [1.165, 1.54) is 6.92 Å². The zero-order chi connectivity index (χ0) is 39.7. The first-order chi connectivity index (χ1) is 24.8. The lowest BCUT2D eigenvalue weighted by Crippen LogP contribution is -2.69. The fraction of sp³-hybridized carbons (Fsp3) is 0.931. The van der Waals surface area contributed by atoms with Crippen LogP contribution < -0.4 is 5.32 Å². The molecule has 4 heterocycles. The molecule has 308 valence electrons. The Balaban J connectivity index is 1.63. The van der Waals surface area contributed by atoms with Gasteiger partial charge in [-0.15, -0.1) is 0 Å². The molecule has 0 aliphatic carbocycles. The van der Waals surface area contributed by atoms with Gasteiger partial charge in [0.2, 0.25) is 5.91 Å². The van der Waals surface area contributed by atoms with Gasteiger partial charge in [-0.1, -0.05) is 0 Å². The van der Waals surface area contributed by atoms with Crippen molar-refractivity contribution in [2.24, 2.45) is 0 Å². The van der Waals surface area contributed by atoms with Crippen molar-refractivity contribution in [3.05, 3.63) is 0 Å². The third-order valence-electron chi connectivity index (χ3n) is 9.54. The number of nitrogens with one attached hydrogen (secondary N) is 1. The Morgan fingerprint density at radius 2 is 1.42 bits per heavy atom. The van der Waals surface area contributed by atoms with Crippen LogP contribution in [0, 0.1) is 0 Å². The summed E-state index contributed by atoms with van der Waals surface area (Å²) < 4.78 is 38.7. The molecule has 0 radical (unpaired) electrons. The molecule has 15 N–H and O–H groups in total. The summed E-state index contributed by atoms with van der Waals surface area (Å²) in [4.78, 5) is 24.4. The van der Waals surface area contributed by atoms with E-state index in [1.807, 2.05) is 0 Å². The van der Waals surface area contributed by atoms with Crippen molar-refractivity contribution < 1.29 is 114 Å². The number of aliphatic hydroxyl groups excluding tert-OH is 13. The molecule has 0 spiro atoms. The van der Waals surface area contributed by atoms with Gasteiger partial charge in [-0.05, 0) is 6.92 Å². The highest BCUT2D eigenvalue weighted by atomic mass is 16.8. The van der Waals surface area contributed by atoms with Crippen LogP contribution in [-0.2, 0) is 42.7 Å². The molecule has 53 heavy (non-hydrogen) atoms. The number of hydrogen-bond donors (Lipinski definition) is 15. The van der Waals surface area contributed by atoms with Gasteiger partial charge in [-0.3, -0.25) is 4.79 Å². The molecule has 4 aliphatic rings. The van der Waals surface area contributed by atoms with Crippen LogP contribution in [-0.4, -0.2) is 232 Å². The first kappa shape index (κ1) is 43.9. The summed E-state index contributed by atoms with van der Waals surface area (Å²) in [7, 11) is 0. The maximum atomic E-state index is 12.6. The third kappa shape index (κ3) is 9.24. The van der Waals surface area contributed by atoms with Crippen molar-refractivity contribution in [1.82, 2.24) is 5.32 Å². The lowest BCUT2D eigenvalue weighted by molar-refractivity contribution is -0.390. The normalized spacial score (nSPS) is 47.8. The predicted molar refractivity (Wildman–Crippen MR) is 161 cm³/mol. The minimum atomic E-state index is -2.92. The van der Waals surface area contributed by atoms with E-state index in [9.17, 15) is 81.1 Å². The van der Waals surface area contributed by atoms with E-state index in [1.54, 1.807) is 0 Å². The molecule has 4 fully saturated rings. The van der Waals surface area contributed by atoms with Crippen molar-refractivity contribution >= 4 is 11.9 Å². The van der Waals surface area contributed by atoms with Crippen molar-refractivity contribution in [3.8, 4) is 0 Å². The second kappa shape index (κ2) is 17.9. The molecular formula is C29H49NO23. The number of ether oxygens (including phenoxy) is 7. The van der Waals surface area contributed by atoms with E-state index in [-0.39, 0.29) is 0 Å². The largest absolute Gasteiger partial charge is 0.477 e. The number of aliphatic hydroxyl groups is 13. The fourth-order valence-electron chi connectivity index (χ4n) is 6.46. The van der Waals surface area contributed by atoms with Crippen LogP contribution in [0.15, 0.2) is 0 Å². The monoisotopic (exact) mass is 779 g/mol. The van der Waals surface area contributed by atoms with Gasteiger partial charge >= 0.3 is 5.97 Å². The van der Waals surface area contributed by atoms with Gasteiger partial charge in [0, 0.05) is 13.3 Å². The van der Waals surface area contributed by atoms with E-state index in [0.717, 1.165) is 6.92 Å². The highest BCUT2D eigenvalue weighted by molar-refractivity contribution is 5.76. The molecule has 0 saturated carbocycles. The fourth-order valence-corrected chi connectivity index (χ4v) is 6.46. The average molecular weight is 780 g/mol. The van der Waals surface area contributed by atoms with Crippen molar-refractivity contribution in [3.63, 3.8) is 0 Å². The molecule has 0 aromatic heterocycles. The molecule has 1 unspecified atom stereocenters. The topological polar surface area (TPSA) is 394 Å². The van der Waals surface area contributed by atoms with Crippen LogP contribution >= 0.6 is 0 Å². The molecule has 1 amide bonds. The summed E-state index contributed by atoms with van der Waals surface area (Å²) in [6.07, 6.45) is -36.6. The Bertz CT molecular complexity index is 1220. The van der Waals surface area contributed by atoms with Crippen LogP contribution in [0.3, 0.4) is 0 Å². The Morgan fingerprint density at radius 1 is 0.792 bits per heavy atom. The molecule has 21 atom stereocenters. The van der Waals surface area contributed by atoms with Gasteiger partial charge in [0.05, 0.1) is 38.1 Å². The van der Waals surface area contributed by atoms with Crippen molar-refractivity contribution in [2.75, 3.05) is 19.8 Å². The second-order valence-corrected chi connectivity index (χ2v) is 13.3. The lowest BCUT2D eigenvalue weighted by Gasteiger charge is -2.49. The Hall–Kier alpha value is -1.86. The van der Waals surface area contributed by atoms with Gasteiger partial charge in [0.1, 0.15) is 85.5 Å². The molecule has 0 aromatic carbocycles. The Kier molecular flexibility index (Phi) is 14.9. The van der Waals surface area contributed by atoms with Gasteiger partial charge < -0.3 is 110 Å².